The molecule has 1 fully saturated rings. The molecule has 1 saturated carbocycles. The Hall–Kier alpha value is -1.42. The molecule has 3 rings (SSSR count). The van der Waals surface area contributed by atoms with Gasteiger partial charge in [-0.05, 0) is 56.4 Å². The van der Waals surface area contributed by atoms with E-state index in [2.05, 4.69) is 24.4 Å². The summed E-state index contributed by atoms with van der Waals surface area (Å²) in [6, 6.07) is 8.13. The van der Waals surface area contributed by atoms with Crippen LogP contribution in [0.1, 0.15) is 51.0 Å². The van der Waals surface area contributed by atoms with Crippen LogP contribution in [0.25, 0.3) is 0 Å². The molecule has 0 amide bonds. The van der Waals surface area contributed by atoms with Gasteiger partial charge in [-0.2, -0.15) is 0 Å². The topological polar surface area (TPSA) is 33.6 Å². The normalized spacial score (nSPS) is 19.7. The van der Waals surface area contributed by atoms with Crippen LogP contribution in [0.15, 0.2) is 29.3 Å². The first-order valence-electron chi connectivity index (χ1n) is 7.88. The van der Waals surface area contributed by atoms with Crippen molar-refractivity contribution in [3.05, 3.63) is 29.8 Å². The Bertz CT molecular complexity index is 544. The van der Waals surface area contributed by atoms with E-state index in [0.717, 1.165) is 54.3 Å². The molecule has 1 heterocycles. The average molecular weight is 302 g/mol. The van der Waals surface area contributed by atoms with Crippen molar-refractivity contribution < 1.29 is 4.74 Å². The van der Waals surface area contributed by atoms with Gasteiger partial charge in [-0.1, -0.05) is 25.6 Å². The fourth-order valence-corrected chi connectivity index (χ4v) is 3.35. The van der Waals surface area contributed by atoms with Crippen LogP contribution in [-0.4, -0.2) is 23.0 Å². The molecule has 112 valence electrons. The number of benzene rings is 1. The van der Waals surface area contributed by atoms with Crippen LogP contribution in [-0.2, 0) is 0 Å². The summed E-state index contributed by atoms with van der Waals surface area (Å²) < 4.78 is 5.70. The zero-order valence-electron chi connectivity index (χ0n) is 12.5. The number of hydrogen-bond acceptors (Lipinski definition) is 3. The summed E-state index contributed by atoms with van der Waals surface area (Å²) in [7, 11) is 0. The maximum Gasteiger partial charge on any atom is 0.131 e. The predicted molar refractivity (Wildman–Crippen MR) is 90.3 cm³/mol. The van der Waals surface area contributed by atoms with Crippen molar-refractivity contribution in [3.8, 4) is 5.75 Å². The molecule has 1 spiro atoms. The highest BCUT2D eigenvalue weighted by molar-refractivity contribution is 7.82. The van der Waals surface area contributed by atoms with Crippen LogP contribution in [0.3, 0.4) is 0 Å². The first kappa shape index (κ1) is 14.5. The van der Waals surface area contributed by atoms with E-state index in [1.165, 1.54) is 12.8 Å². The molecular formula is C17H22N2OS. The minimum atomic E-state index is -0.108. The fraction of sp³-hybridized carbons (Fsp3) is 0.529. The van der Waals surface area contributed by atoms with E-state index in [0.29, 0.717) is 0 Å². The predicted octanol–water partition coefficient (Wildman–Crippen LogP) is 3.86. The van der Waals surface area contributed by atoms with Crippen molar-refractivity contribution in [1.82, 2.24) is 5.32 Å². The van der Waals surface area contributed by atoms with Gasteiger partial charge < -0.3 is 10.1 Å². The Morgan fingerprint density at radius 1 is 1.24 bits per heavy atom. The molecule has 1 N–H and O–H groups in total. The van der Waals surface area contributed by atoms with Crippen molar-refractivity contribution in [3.63, 3.8) is 0 Å². The lowest BCUT2D eigenvalue weighted by Crippen LogP contribution is -2.39. The maximum absolute atomic E-state index is 5.70. The van der Waals surface area contributed by atoms with Gasteiger partial charge in [-0.25, -0.2) is 0 Å². The first-order chi connectivity index (χ1) is 10.2. The molecule has 3 nitrogen and oxygen atoms in total. The monoisotopic (exact) mass is 302 g/mol. The largest absolute Gasteiger partial charge is 0.494 e. The molecule has 2 aliphatic rings. The number of aliphatic imine (C=N–C) groups is 1. The van der Waals surface area contributed by atoms with Crippen LogP contribution >= 0.6 is 12.2 Å². The number of unbranched alkanes of at least 4 members (excludes halogenated alkanes) is 1. The maximum atomic E-state index is 5.70. The zero-order chi connectivity index (χ0) is 14.7. The highest BCUT2D eigenvalue weighted by Crippen LogP contribution is 2.34. The quantitative estimate of drug-likeness (QED) is 0.662. The smallest absolute Gasteiger partial charge is 0.131 e. The van der Waals surface area contributed by atoms with E-state index in [9.17, 15) is 0 Å². The average Bonchev–Trinajstić information content (AvgIpc) is 3.07. The Kier molecular flexibility index (Phi) is 4.24. The lowest BCUT2D eigenvalue weighted by Gasteiger charge is -2.19. The van der Waals surface area contributed by atoms with Crippen molar-refractivity contribution in [2.75, 3.05) is 6.61 Å². The molecule has 0 saturated heterocycles. The van der Waals surface area contributed by atoms with Gasteiger partial charge in [-0.15, -0.1) is 0 Å². The second kappa shape index (κ2) is 6.14. The molecule has 1 aromatic rings. The summed E-state index contributed by atoms with van der Waals surface area (Å²) in [6.07, 6.45) is 6.89. The highest BCUT2D eigenvalue weighted by Gasteiger charge is 2.39. The van der Waals surface area contributed by atoms with E-state index < -0.39 is 0 Å². The molecular weight excluding hydrogens is 280 g/mol. The van der Waals surface area contributed by atoms with Crippen molar-refractivity contribution in [1.29, 1.82) is 0 Å². The summed E-state index contributed by atoms with van der Waals surface area (Å²) in [6.45, 7) is 2.94. The van der Waals surface area contributed by atoms with Gasteiger partial charge in [0.25, 0.3) is 0 Å². The van der Waals surface area contributed by atoms with E-state index >= 15 is 0 Å². The number of ether oxygens (including phenoxy) is 1. The number of hydrogen-bond donors (Lipinski definition) is 1. The molecule has 0 unspecified atom stereocenters. The molecule has 1 aromatic carbocycles. The van der Waals surface area contributed by atoms with Crippen LogP contribution in [0.5, 0.6) is 5.75 Å². The molecule has 1 aliphatic heterocycles. The number of rotatable bonds is 5. The van der Waals surface area contributed by atoms with Crippen LogP contribution < -0.4 is 10.1 Å². The summed E-state index contributed by atoms with van der Waals surface area (Å²) in [5.41, 5.74) is 1.91. The third-order valence-corrected chi connectivity index (χ3v) is 4.51. The van der Waals surface area contributed by atoms with E-state index in [1.807, 2.05) is 12.1 Å². The summed E-state index contributed by atoms with van der Waals surface area (Å²) in [5.74, 6) is 0.917. The summed E-state index contributed by atoms with van der Waals surface area (Å²) in [4.78, 5) is 5.69. The molecule has 0 atom stereocenters. The number of thiocarbonyl (C=S) groups is 1. The summed E-state index contributed by atoms with van der Waals surface area (Å²) in [5, 5.41) is 3.43. The molecule has 21 heavy (non-hydrogen) atoms. The van der Waals surface area contributed by atoms with Gasteiger partial charge in [0.15, 0.2) is 0 Å². The number of nitrogens with one attached hydrogen (secondary N) is 1. The van der Waals surface area contributed by atoms with Gasteiger partial charge in [-0.3, -0.25) is 4.99 Å². The summed E-state index contributed by atoms with van der Waals surface area (Å²) >= 11 is 5.48. The lowest BCUT2D eigenvalue weighted by atomic mass is 10.1. The van der Waals surface area contributed by atoms with Crippen LogP contribution in [0.2, 0.25) is 0 Å². The zero-order valence-corrected chi connectivity index (χ0v) is 13.3. The fourth-order valence-electron chi connectivity index (χ4n) is 3.00. The van der Waals surface area contributed by atoms with Gasteiger partial charge in [0, 0.05) is 5.56 Å². The Balaban J connectivity index is 1.73. The van der Waals surface area contributed by atoms with Crippen LogP contribution in [0, 0.1) is 0 Å². The van der Waals surface area contributed by atoms with Crippen molar-refractivity contribution >= 4 is 22.9 Å². The first-order valence-corrected chi connectivity index (χ1v) is 8.29. The SMILES string of the molecule is CCCCOc1ccc(C2=NC3(CCCC3)NC2=S)cc1. The second-order valence-electron chi connectivity index (χ2n) is 5.88. The minimum absolute atomic E-state index is 0.108. The third-order valence-electron chi connectivity index (χ3n) is 4.21. The van der Waals surface area contributed by atoms with E-state index in [1.54, 1.807) is 0 Å². The van der Waals surface area contributed by atoms with Gasteiger partial charge in [0.1, 0.15) is 22.1 Å². The van der Waals surface area contributed by atoms with E-state index in [4.69, 9.17) is 21.9 Å². The molecule has 0 aromatic heterocycles. The van der Waals surface area contributed by atoms with Gasteiger partial charge in [0.05, 0.1) is 6.61 Å². The molecule has 1 aliphatic carbocycles. The molecule has 0 bridgehead atoms. The van der Waals surface area contributed by atoms with E-state index in [-0.39, 0.29) is 5.66 Å². The Morgan fingerprint density at radius 3 is 2.62 bits per heavy atom. The Morgan fingerprint density at radius 2 is 1.95 bits per heavy atom. The molecule has 0 radical (unpaired) electrons. The van der Waals surface area contributed by atoms with Crippen LogP contribution in [0.4, 0.5) is 0 Å². The number of nitrogens with zero attached hydrogens (tertiary/aromatic N) is 1. The van der Waals surface area contributed by atoms with Gasteiger partial charge >= 0.3 is 0 Å². The highest BCUT2D eigenvalue weighted by atomic mass is 32.1. The van der Waals surface area contributed by atoms with Gasteiger partial charge in [0.2, 0.25) is 0 Å². The third kappa shape index (κ3) is 3.10. The minimum Gasteiger partial charge on any atom is -0.494 e. The van der Waals surface area contributed by atoms with Crippen molar-refractivity contribution in [2.45, 2.75) is 51.1 Å². The lowest BCUT2D eigenvalue weighted by molar-refractivity contribution is 0.309. The van der Waals surface area contributed by atoms with Crippen molar-refractivity contribution in [2.24, 2.45) is 4.99 Å². The standard InChI is InChI=1S/C17H22N2OS/c1-2-3-12-20-14-8-6-13(7-9-14)15-16(21)19-17(18-15)10-4-5-11-17/h6-9H,2-5,10-12H2,1H3,(H,19,21). The second-order valence-corrected chi connectivity index (χ2v) is 6.29. The Labute approximate surface area is 131 Å². The molecule has 4 heteroatoms.